The van der Waals surface area contributed by atoms with Crippen molar-refractivity contribution in [2.75, 3.05) is 26.1 Å². The molecule has 0 heterocycles. The molecule has 25 heavy (non-hydrogen) atoms. The third kappa shape index (κ3) is 5.53. The molecule has 0 aromatic heterocycles. The van der Waals surface area contributed by atoms with Crippen LogP contribution < -0.4 is 14.8 Å². The average Bonchev–Trinajstić information content (AvgIpc) is 2.61. The molecule has 0 aliphatic carbocycles. The summed E-state index contributed by atoms with van der Waals surface area (Å²) in [7, 11) is 3.16. The Kier molecular flexibility index (Phi) is 6.39. The van der Waals surface area contributed by atoms with E-state index in [0.717, 1.165) is 11.3 Å². The number of nitrogens with zero attached hydrogens (tertiary/aromatic N) is 1. The van der Waals surface area contributed by atoms with Crippen molar-refractivity contribution in [1.29, 1.82) is 0 Å². The summed E-state index contributed by atoms with van der Waals surface area (Å²) in [5, 5.41) is 2.77. The van der Waals surface area contributed by atoms with Gasteiger partial charge in [-0.15, -0.1) is 0 Å². The van der Waals surface area contributed by atoms with Gasteiger partial charge in [0.15, 0.2) is 0 Å². The van der Waals surface area contributed by atoms with Crippen LogP contribution in [-0.2, 0) is 16.1 Å². The molecule has 0 fully saturated rings. The number of hydrogen-bond donors (Lipinski definition) is 1. The molecule has 1 N–H and O–H groups in total. The fraction of sp³-hybridized carbons (Fsp3) is 0.263. The summed E-state index contributed by atoms with van der Waals surface area (Å²) in [4.78, 5) is 25.6. The van der Waals surface area contributed by atoms with Crippen LogP contribution in [0.3, 0.4) is 0 Å². The number of anilines is 1. The van der Waals surface area contributed by atoms with Crippen LogP contribution in [0.2, 0.25) is 0 Å². The molecule has 0 radical (unpaired) electrons. The highest BCUT2D eigenvalue weighted by molar-refractivity contribution is 5.94. The molecule has 0 saturated heterocycles. The third-order valence-electron chi connectivity index (χ3n) is 3.67. The second kappa shape index (κ2) is 8.73. The number of methoxy groups -OCH3 is 2. The summed E-state index contributed by atoms with van der Waals surface area (Å²) in [5.41, 5.74) is 1.54. The molecular weight excluding hydrogens is 320 g/mol. The molecule has 2 rings (SSSR count). The quantitative estimate of drug-likeness (QED) is 0.840. The van der Waals surface area contributed by atoms with Crippen LogP contribution in [0.1, 0.15) is 12.5 Å². The van der Waals surface area contributed by atoms with Gasteiger partial charge < -0.3 is 19.7 Å². The Hall–Kier alpha value is -3.02. The lowest BCUT2D eigenvalue weighted by Gasteiger charge is -2.21. The van der Waals surface area contributed by atoms with Crippen molar-refractivity contribution in [2.45, 2.75) is 13.5 Å². The Labute approximate surface area is 147 Å². The van der Waals surface area contributed by atoms with Crippen LogP contribution in [0.25, 0.3) is 0 Å². The zero-order valence-electron chi connectivity index (χ0n) is 14.6. The van der Waals surface area contributed by atoms with E-state index in [0.29, 0.717) is 18.0 Å². The Morgan fingerprint density at radius 1 is 1.00 bits per heavy atom. The minimum Gasteiger partial charge on any atom is -0.497 e. The van der Waals surface area contributed by atoms with Crippen molar-refractivity contribution in [3.8, 4) is 11.5 Å². The summed E-state index contributed by atoms with van der Waals surface area (Å²) in [6, 6.07) is 14.5. The Morgan fingerprint density at radius 2 is 1.68 bits per heavy atom. The molecule has 0 unspecified atom stereocenters. The number of amides is 2. The first kappa shape index (κ1) is 18.3. The number of benzene rings is 2. The predicted molar refractivity (Wildman–Crippen MR) is 95.7 cm³/mol. The Bertz CT molecular complexity index is 728. The molecule has 2 amide bonds. The van der Waals surface area contributed by atoms with E-state index in [1.165, 1.54) is 11.8 Å². The lowest BCUT2D eigenvalue weighted by molar-refractivity contribution is -0.133. The Morgan fingerprint density at radius 3 is 2.28 bits per heavy atom. The minimum atomic E-state index is -0.267. The maximum absolute atomic E-state index is 12.3. The maximum Gasteiger partial charge on any atom is 0.244 e. The molecule has 0 aliphatic rings. The molecule has 0 aliphatic heterocycles. The van der Waals surface area contributed by atoms with Crippen LogP contribution in [-0.4, -0.2) is 37.5 Å². The molecule has 2 aromatic rings. The average molecular weight is 342 g/mol. The highest BCUT2D eigenvalue weighted by atomic mass is 16.5. The molecular formula is C19H22N2O4. The van der Waals surface area contributed by atoms with Gasteiger partial charge in [-0.3, -0.25) is 9.59 Å². The lowest BCUT2D eigenvalue weighted by Crippen LogP contribution is -2.36. The van der Waals surface area contributed by atoms with Gasteiger partial charge in [-0.05, 0) is 29.8 Å². The SMILES string of the molecule is COc1ccc(CN(CC(=O)Nc2cccc(OC)c2)C(C)=O)cc1. The van der Waals surface area contributed by atoms with E-state index in [1.54, 1.807) is 38.5 Å². The van der Waals surface area contributed by atoms with Crippen molar-refractivity contribution in [1.82, 2.24) is 4.90 Å². The summed E-state index contributed by atoms with van der Waals surface area (Å²) in [6.45, 7) is 1.77. The number of hydrogen-bond acceptors (Lipinski definition) is 4. The van der Waals surface area contributed by atoms with Gasteiger partial charge in [0, 0.05) is 25.2 Å². The van der Waals surface area contributed by atoms with Gasteiger partial charge in [0.2, 0.25) is 11.8 Å². The van der Waals surface area contributed by atoms with Gasteiger partial charge in [-0.25, -0.2) is 0 Å². The number of carbonyl (C=O) groups excluding carboxylic acids is 2. The zero-order valence-corrected chi connectivity index (χ0v) is 14.6. The van der Waals surface area contributed by atoms with E-state index in [-0.39, 0.29) is 18.4 Å². The Balaban J connectivity index is 1.99. The summed E-state index contributed by atoms with van der Waals surface area (Å²) >= 11 is 0. The van der Waals surface area contributed by atoms with Gasteiger partial charge >= 0.3 is 0 Å². The van der Waals surface area contributed by atoms with Gasteiger partial charge in [-0.1, -0.05) is 18.2 Å². The van der Waals surface area contributed by atoms with Crippen molar-refractivity contribution >= 4 is 17.5 Å². The second-order valence-electron chi connectivity index (χ2n) is 5.50. The van der Waals surface area contributed by atoms with E-state index in [2.05, 4.69) is 5.32 Å². The van der Waals surface area contributed by atoms with Gasteiger partial charge in [-0.2, -0.15) is 0 Å². The predicted octanol–water partition coefficient (Wildman–Crippen LogP) is 2.69. The highest BCUT2D eigenvalue weighted by Crippen LogP contribution is 2.17. The monoisotopic (exact) mass is 342 g/mol. The first-order valence-electron chi connectivity index (χ1n) is 7.84. The second-order valence-corrected chi connectivity index (χ2v) is 5.50. The van der Waals surface area contributed by atoms with E-state index >= 15 is 0 Å². The topological polar surface area (TPSA) is 67.9 Å². The van der Waals surface area contributed by atoms with E-state index < -0.39 is 0 Å². The van der Waals surface area contributed by atoms with E-state index in [1.807, 2.05) is 24.3 Å². The van der Waals surface area contributed by atoms with E-state index in [4.69, 9.17) is 9.47 Å². The number of rotatable bonds is 7. The largest absolute Gasteiger partial charge is 0.497 e. The van der Waals surface area contributed by atoms with Crippen LogP contribution in [0.5, 0.6) is 11.5 Å². The molecule has 132 valence electrons. The lowest BCUT2D eigenvalue weighted by atomic mass is 10.2. The normalized spacial score (nSPS) is 10.0. The summed E-state index contributed by atoms with van der Waals surface area (Å²) in [5.74, 6) is 0.960. The van der Waals surface area contributed by atoms with Crippen LogP contribution in [0, 0.1) is 0 Å². The molecule has 6 nitrogen and oxygen atoms in total. The minimum absolute atomic E-state index is 0.0292. The molecule has 0 spiro atoms. The maximum atomic E-state index is 12.3. The van der Waals surface area contributed by atoms with Crippen molar-refractivity contribution in [3.63, 3.8) is 0 Å². The van der Waals surface area contributed by atoms with Crippen LogP contribution in [0.4, 0.5) is 5.69 Å². The number of carbonyl (C=O) groups is 2. The number of ether oxygens (including phenoxy) is 2. The summed E-state index contributed by atoms with van der Waals surface area (Å²) < 4.78 is 10.2. The smallest absolute Gasteiger partial charge is 0.244 e. The zero-order chi connectivity index (χ0) is 18.2. The number of nitrogens with one attached hydrogen (secondary N) is 1. The van der Waals surface area contributed by atoms with E-state index in [9.17, 15) is 9.59 Å². The van der Waals surface area contributed by atoms with Gasteiger partial charge in [0.25, 0.3) is 0 Å². The van der Waals surface area contributed by atoms with Crippen molar-refractivity contribution in [3.05, 3.63) is 54.1 Å². The molecule has 0 atom stereocenters. The fourth-order valence-corrected chi connectivity index (χ4v) is 2.30. The van der Waals surface area contributed by atoms with Crippen molar-refractivity contribution in [2.24, 2.45) is 0 Å². The van der Waals surface area contributed by atoms with Crippen LogP contribution >= 0.6 is 0 Å². The van der Waals surface area contributed by atoms with Crippen molar-refractivity contribution < 1.29 is 19.1 Å². The first-order chi connectivity index (χ1) is 12.0. The summed E-state index contributed by atoms with van der Waals surface area (Å²) in [6.07, 6.45) is 0. The molecule has 2 aromatic carbocycles. The molecule has 0 bridgehead atoms. The van der Waals surface area contributed by atoms with Gasteiger partial charge in [0.1, 0.15) is 18.0 Å². The third-order valence-corrected chi connectivity index (χ3v) is 3.67. The first-order valence-corrected chi connectivity index (χ1v) is 7.84. The standard InChI is InChI=1S/C19H22N2O4/c1-14(22)21(12-15-7-9-17(24-2)10-8-15)13-19(23)20-16-5-4-6-18(11-16)25-3/h4-11H,12-13H2,1-3H3,(H,20,23). The molecule has 0 saturated carbocycles. The van der Waals surface area contributed by atoms with Crippen LogP contribution in [0.15, 0.2) is 48.5 Å². The highest BCUT2D eigenvalue weighted by Gasteiger charge is 2.14. The van der Waals surface area contributed by atoms with Gasteiger partial charge in [0.05, 0.1) is 14.2 Å². The fourth-order valence-electron chi connectivity index (χ4n) is 2.30. The molecule has 6 heteroatoms.